The Morgan fingerprint density at radius 1 is 1.26 bits per heavy atom. The Labute approximate surface area is 202 Å². The molecular weight excluding hydrogens is 449 g/mol. The molecule has 0 saturated carbocycles. The molecule has 2 N–H and O–H groups in total. The maximum absolute atomic E-state index is 14.2. The molecule has 0 amide bonds. The molecule has 1 aliphatic rings. The number of guanidine groups is 1. The molecule has 0 aliphatic carbocycles. The van der Waals surface area contributed by atoms with Crippen molar-refractivity contribution < 1.29 is 9.13 Å². The van der Waals surface area contributed by atoms with E-state index in [1.54, 1.807) is 35.2 Å². The van der Waals surface area contributed by atoms with E-state index in [0.29, 0.717) is 59.9 Å². The summed E-state index contributed by atoms with van der Waals surface area (Å²) >= 11 is 0. The van der Waals surface area contributed by atoms with Gasteiger partial charge in [-0.05, 0) is 50.1 Å². The number of benzene rings is 2. The van der Waals surface area contributed by atoms with Gasteiger partial charge in [0, 0.05) is 25.7 Å². The fourth-order valence-corrected chi connectivity index (χ4v) is 4.38. The summed E-state index contributed by atoms with van der Waals surface area (Å²) in [7, 11) is 1.48. The minimum Gasteiger partial charge on any atom is -0.497 e. The van der Waals surface area contributed by atoms with Gasteiger partial charge in [-0.1, -0.05) is 6.07 Å². The molecule has 1 fully saturated rings. The number of nitriles is 1. The number of aromatic nitrogens is 2. The SMILES string of the molecule is COc1ccc(CCn2cnc3cc(N=C(N)N4C[C@H](C)N(C#N)[C@@H](C)C4)ccc3c2=O)c(F)c1. The molecule has 0 radical (unpaired) electrons. The molecule has 182 valence electrons. The first-order valence-corrected chi connectivity index (χ1v) is 11.4. The van der Waals surface area contributed by atoms with Crippen molar-refractivity contribution in [2.75, 3.05) is 20.2 Å². The lowest BCUT2D eigenvalue weighted by molar-refractivity contribution is 0.127. The summed E-state index contributed by atoms with van der Waals surface area (Å²) in [6.45, 7) is 5.44. The Bertz CT molecular complexity index is 1350. The van der Waals surface area contributed by atoms with E-state index in [-0.39, 0.29) is 23.5 Å². The van der Waals surface area contributed by atoms with E-state index >= 15 is 0 Å². The Morgan fingerprint density at radius 2 is 2.00 bits per heavy atom. The van der Waals surface area contributed by atoms with Crippen molar-refractivity contribution in [1.82, 2.24) is 19.4 Å². The number of hydrogen-bond acceptors (Lipinski definition) is 6. The van der Waals surface area contributed by atoms with E-state index in [1.165, 1.54) is 24.1 Å². The smallest absolute Gasteiger partial charge is 0.261 e. The first kappa shape index (κ1) is 24.0. The van der Waals surface area contributed by atoms with Crippen LogP contribution in [0.4, 0.5) is 10.1 Å². The summed E-state index contributed by atoms with van der Waals surface area (Å²) in [6, 6.07) is 9.86. The Kier molecular flexibility index (Phi) is 6.87. The van der Waals surface area contributed by atoms with Gasteiger partial charge in [-0.15, -0.1) is 0 Å². The van der Waals surface area contributed by atoms with Gasteiger partial charge in [-0.25, -0.2) is 14.4 Å². The highest BCUT2D eigenvalue weighted by atomic mass is 19.1. The molecular formula is C25H28FN7O2. The predicted octanol–water partition coefficient (Wildman–Crippen LogP) is 2.61. The van der Waals surface area contributed by atoms with Crippen LogP contribution in [0.1, 0.15) is 19.4 Å². The number of methoxy groups -OCH3 is 1. The van der Waals surface area contributed by atoms with Crippen LogP contribution in [0.25, 0.3) is 10.9 Å². The third-order valence-electron chi connectivity index (χ3n) is 6.29. The van der Waals surface area contributed by atoms with Gasteiger partial charge in [-0.3, -0.25) is 9.36 Å². The maximum Gasteiger partial charge on any atom is 0.261 e. The second-order valence-electron chi connectivity index (χ2n) is 8.73. The van der Waals surface area contributed by atoms with Gasteiger partial charge in [0.05, 0.1) is 42.1 Å². The monoisotopic (exact) mass is 477 g/mol. The molecule has 2 atom stereocenters. The van der Waals surface area contributed by atoms with Crippen molar-refractivity contribution >= 4 is 22.5 Å². The Hall–Kier alpha value is -4.13. The van der Waals surface area contributed by atoms with Crippen LogP contribution in [-0.2, 0) is 13.0 Å². The molecule has 35 heavy (non-hydrogen) atoms. The van der Waals surface area contributed by atoms with Gasteiger partial charge >= 0.3 is 0 Å². The predicted molar refractivity (Wildman–Crippen MR) is 132 cm³/mol. The number of fused-ring (bicyclic) bond motifs is 1. The van der Waals surface area contributed by atoms with Gasteiger partial charge in [-0.2, -0.15) is 5.26 Å². The number of aryl methyl sites for hydroxylation is 2. The largest absolute Gasteiger partial charge is 0.497 e. The fourth-order valence-electron chi connectivity index (χ4n) is 4.38. The van der Waals surface area contributed by atoms with Crippen molar-refractivity contribution in [1.29, 1.82) is 5.26 Å². The van der Waals surface area contributed by atoms with Crippen LogP contribution in [0.3, 0.4) is 0 Å². The molecule has 10 heteroatoms. The van der Waals surface area contributed by atoms with Crippen LogP contribution in [-0.4, -0.2) is 57.6 Å². The third-order valence-corrected chi connectivity index (χ3v) is 6.29. The van der Waals surface area contributed by atoms with Crippen molar-refractivity contribution in [3.05, 3.63) is 64.5 Å². The number of aliphatic imine (C=N–C) groups is 1. The number of nitrogens with zero attached hydrogens (tertiary/aromatic N) is 6. The molecule has 0 bridgehead atoms. The van der Waals surface area contributed by atoms with E-state index in [4.69, 9.17) is 10.5 Å². The molecule has 1 saturated heterocycles. The lowest BCUT2D eigenvalue weighted by Crippen LogP contribution is -2.57. The number of ether oxygens (including phenoxy) is 1. The number of piperazine rings is 1. The van der Waals surface area contributed by atoms with Crippen molar-refractivity contribution in [2.24, 2.45) is 10.7 Å². The molecule has 4 rings (SSSR count). The zero-order chi connectivity index (χ0) is 25.1. The molecule has 9 nitrogen and oxygen atoms in total. The number of halogens is 1. The quantitative estimate of drug-likeness (QED) is 0.341. The van der Waals surface area contributed by atoms with E-state index in [2.05, 4.69) is 16.2 Å². The van der Waals surface area contributed by atoms with E-state index in [0.717, 1.165) is 0 Å². The molecule has 2 aromatic carbocycles. The van der Waals surface area contributed by atoms with Gasteiger partial charge in [0.2, 0.25) is 0 Å². The summed E-state index contributed by atoms with van der Waals surface area (Å²) in [6.07, 6.45) is 4.04. The Balaban J connectivity index is 1.51. The summed E-state index contributed by atoms with van der Waals surface area (Å²) in [4.78, 5) is 25.6. The van der Waals surface area contributed by atoms with Crippen molar-refractivity contribution in [3.8, 4) is 11.9 Å². The summed E-state index contributed by atoms with van der Waals surface area (Å²) in [5.41, 5.74) is 7.65. The lowest BCUT2D eigenvalue weighted by Gasteiger charge is -2.41. The standard InChI is InChI=1S/C25H28FN7O2/c1-16-12-32(13-17(2)33(16)14-27)25(28)30-19-5-7-21-23(10-19)29-15-31(24(21)34)9-8-18-4-6-20(35-3)11-22(18)26/h4-7,10-11,15-17H,8-9,12-13H2,1-3H3,(H2,28,30)/t16-,17-/m0/s1. The van der Waals surface area contributed by atoms with E-state index in [1.807, 2.05) is 18.7 Å². The highest BCUT2D eigenvalue weighted by Crippen LogP contribution is 2.20. The zero-order valence-electron chi connectivity index (χ0n) is 20.0. The average molecular weight is 478 g/mol. The van der Waals surface area contributed by atoms with Crippen molar-refractivity contribution in [2.45, 2.75) is 38.9 Å². The molecule has 0 spiro atoms. The van der Waals surface area contributed by atoms with Crippen LogP contribution in [0.2, 0.25) is 0 Å². The molecule has 2 heterocycles. The normalized spacial score (nSPS) is 18.5. The van der Waals surface area contributed by atoms with Gasteiger partial charge in [0.15, 0.2) is 12.2 Å². The number of rotatable bonds is 5. The van der Waals surface area contributed by atoms with E-state index in [9.17, 15) is 14.4 Å². The van der Waals surface area contributed by atoms with Gasteiger partial charge in [0.25, 0.3) is 5.56 Å². The first-order chi connectivity index (χ1) is 16.8. The van der Waals surface area contributed by atoms with Gasteiger partial charge < -0.3 is 20.3 Å². The van der Waals surface area contributed by atoms with Crippen LogP contribution >= 0.6 is 0 Å². The number of hydrogen-bond donors (Lipinski definition) is 1. The summed E-state index contributed by atoms with van der Waals surface area (Å²) in [5, 5.41) is 9.75. The minimum absolute atomic E-state index is 0.0284. The third kappa shape index (κ3) is 5.04. The molecule has 3 aromatic rings. The van der Waals surface area contributed by atoms with Crippen LogP contribution in [0.5, 0.6) is 5.75 Å². The van der Waals surface area contributed by atoms with Crippen LogP contribution < -0.4 is 16.0 Å². The second-order valence-corrected chi connectivity index (χ2v) is 8.73. The minimum atomic E-state index is -0.371. The maximum atomic E-state index is 14.2. The summed E-state index contributed by atoms with van der Waals surface area (Å²) in [5.74, 6) is 0.433. The lowest BCUT2D eigenvalue weighted by atomic mass is 10.1. The van der Waals surface area contributed by atoms with Crippen LogP contribution in [0, 0.1) is 17.3 Å². The second kappa shape index (κ2) is 10.0. The fraction of sp³-hybridized carbons (Fsp3) is 0.360. The summed E-state index contributed by atoms with van der Waals surface area (Å²) < 4.78 is 20.7. The topological polar surface area (TPSA) is 113 Å². The van der Waals surface area contributed by atoms with Crippen molar-refractivity contribution in [3.63, 3.8) is 0 Å². The van der Waals surface area contributed by atoms with Gasteiger partial charge in [0.1, 0.15) is 11.6 Å². The molecule has 0 unspecified atom stereocenters. The first-order valence-electron chi connectivity index (χ1n) is 11.4. The zero-order valence-corrected chi connectivity index (χ0v) is 20.0. The van der Waals surface area contributed by atoms with E-state index < -0.39 is 0 Å². The molecule has 1 aliphatic heterocycles. The number of nitrogens with two attached hydrogens (primary N) is 1. The Morgan fingerprint density at radius 3 is 2.66 bits per heavy atom. The average Bonchev–Trinajstić information content (AvgIpc) is 2.84. The highest BCUT2D eigenvalue weighted by Gasteiger charge is 2.29. The highest BCUT2D eigenvalue weighted by molar-refractivity contribution is 5.85. The van der Waals surface area contributed by atoms with Crippen LogP contribution in [0.15, 0.2) is 52.5 Å². The molecule has 1 aromatic heterocycles.